The Morgan fingerprint density at radius 2 is 1.90 bits per heavy atom. The van der Waals surface area contributed by atoms with Crippen LogP contribution in [0, 0.1) is 13.8 Å². The maximum absolute atomic E-state index is 5.50. The van der Waals surface area contributed by atoms with Crippen LogP contribution in [0.15, 0.2) is 42.7 Å². The van der Waals surface area contributed by atoms with E-state index in [1.165, 1.54) is 21.9 Å². The highest BCUT2D eigenvalue weighted by atomic mass is 16.5. The molecule has 0 aliphatic rings. The van der Waals surface area contributed by atoms with Gasteiger partial charge in [-0.15, -0.1) is 0 Å². The minimum atomic E-state index is 0.295. The molecule has 3 aromatic heterocycles. The van der Waals surface area contributed by atoms with Crippen molar-refractivity contribution in [3.05, 3.63) is 54.0 Å². The van der Waals surface area contributed by atoms with E-state index in [1.807, 2.05) is 25.2 Å². The van der Waals surface area contributed by atoms with E-state index >= 15 is 0 Å². The summed E-state index contributed by atoms with van der Waals surface area (Å²) in [6.45, 7) is 7.14. The molecule has 0 amide bonds. The Labute approximate surface area is 178 Å². The zero-order chi connectivity index (χ0) is 21.4. The van der Waals surface area contributed by atoms with Gasteiger partial charge in [0.15, 0.2) is 0 Å². The molecule has 0 saturated heterocycles. The van der Waals surface area contributed by atoms with Crippen LogP contribution in [-0.2, 0) is 4.74 Å². The second-order valence-corrected chi connectivity index (χ2v) is 8.15. The minimum Gasteiger partial charge on any atom is -0.383 e. The third kappa shape index (κ3) is 3.33. The average molecular weight is 403 g/mol. The molecule has 5 heteroatoms. The van der Waals surface area contributed by atoms with Crippen molar-refractivity contribution in [2.45, 2.75) is 33.2 Å². The number of rotatable bonds is 6. The van der Waals surface area contributed by atoms with Gasteiger partial charge in [-0.1, -0.05) is 25.1 Å². The highest BCUT2D eigenvalue weighted by Crippen LogP contribution is 2.36. The van der Waals surface area contributed by atoms with E-state index in [4.69, 9.17) is 9.72 Å². The lowest BCUT2D eigenvalue weighted by Crippen LogP contribution is -2.13. The summed E-state index contributed by atoms with van der Waals surface area (Å²) in [4.78, 5) is 11.7. The first-order valence-corrected chi connectivity index (χ1v) is 10.5. The molecule has 3 heterocycles. The number of aryl methyl sites for hydroxylation is 2. The van der Waals surface area contributed by atoms with Gasteiger partial charge in [0, 0.05) is 61.2 Å². The molecule has 0 fully saturated rings. The first-order chi connectivity index (χ1) is 14.5. The fraction of sp³-hybridized carbons (Fsp3) is 0.360. The number of hydrogen-bond donors (Lipinski definition) is 0. The summed E-state index contributed by atoms with van der Waals surface area (Å²) in [6, 6.07) is 11.1. The monoisotopic (exact) mass is 402 g/mol. The summed E-state index contributed by atoms with van der Waals surface area (Å²) in [6.07, 6.45) is 5.16. The van der Waals surface area contributed by atoms with Gasteiger partial charge in [0.25, 0.3) is 0 Å². The molecule has 156 valence electrons. The molecule has 30 heavy (non-hydrogen) atoms. The second-order valence-electron chi connectivity index (χ2n) is 8.15. The normalized spacial score (nSPS) is 12.6. The minimum absolute atomic E-state index is 0.295. The van der Waals surface area contributed by atoms with E-state index in [0.29, 0.717) is 12.6 Å². The van der Waals surface area contributed by atoms with Crippen molar-refractivity contribution < 1.29 is 4.74 Å². The number of pyridine rings is 2. The van der Waals surface area contributed by atoms with E-state index < -0.39 is 0 Å². The maximum atomic E-state index is 5.50. The van der Waals surface area contributed by atoms with Crippen LogP contribution in [0.5, 0.6) is 0 Å². The smallest absolute Gasteiger partial charge is 0.128 e. The van der Waals surface area contributed by atoms with Gasteiger partial charge in [-0.3, -0.25) is 4.98 Å². The molecule has 0 bridgehead atoms. The van der Waals surface area contributed by atoms with E-state index in [-0.39, 0.29) is 0 Å². The fourth-order valence-corrected chi connectivity index (χ4v) is 4.28. The summed E-state index contributed by atoms with van der Waals surface area (Å²) < 4.78 is 7.86. The molecule has 0 spiro atoms. The SMILES string of the molecule is CCC(COC)n1ccc2c(C)nc3c(-c4cnc(N(C)C)cc4C)cccc3c21. The molecule has 4 aromatic rings. The number of aromatic nitrogens is 3. The summed E-state index contributed by atoms with van der Waals surface area (Å²) >= 11 is 0. The van der Waals surface area contributed by atoms with Gasteiger partial charge in [0.2, 0.25) is 0 Å². The van der Waals surface area contributed by atoms with Crippen molar-refractivity contribution in [2.24, 2.45) is 0 Å². The Morgan fingerprint density at radius 1 is 1.10 bits per heavy atom. The van der Waals surface area contributed by atoms with Crippen LogP contribution in [0.3, 0.4) is 0 Å². The summed E-state index contributed by atoms with van der Waals surface area (Å²) in [5, 5.41) is 2.37. The molecule has 1 atom stereocenters. The Balaban J connectivity index is 2.00. The van der Waals surface area contributed by atoms with Crippen molar-refractivity contribution >= 4 is 27.6 Å². The molecule has 0 saturated carbocycles. The molecule has 4 rings (SSSR count). The zero-order valence-electron chi connectivity index (χ0n) is 18.7. The van der Waals surface area contributed by atoms with E-state index in [2.05, 4.69) is 66.9 Å². The van der Waals surface area contributed by atoms with Crippen molar-refractivity contribution in [2.75, 3.05) is 32.7 Å². The Hall–Kier alpha value is -2.92. The van der Waals surface area contributed by atoms with E-state index in [0.717, 1.165) is 34.6 Å². The third-order valence-electron chi connectivity index (χ3n) is 5.94. The molecular weight excluding hydrogens is 372 g/mol. The largest absolute Gasteiger partial charge is 0.383 e. The van der Waals surface area contributed by atoms with Crippen molar-refractivity contribution in [3.8, 4) is 11.1 Å². The van der Waals surface area contributed by atoms with E-state index in [1.54, 1.807) is 7.11 Å². The molecular formula is C25H30N4O. The fourth-order valence-electron chi connectivity index (χ4n) is 4.28. The lowest BCUT2D eigenvalue weighted by atomic mass is 9.98. The number of anilines is 1. The van der Waals surface area contributed by atoms with Crippen LogP contribution in [0.1, 0.15) is 30.6 Å². The van der Waals surface area contributed by atoms with Crippen LogP contribution in [0.4, 0.5) is 5.82 Å². The topological polar surface area (TPSA) is 43.2 Å². The number of para-hydroxylation sites is 1. The van der Waals surface area contributed by atoms with E-state index in [9.17, 15) is 0 Å². The lowest BCUT2D eigenvalue weighted by molar-refractivity contribution is 0.155. The van der Waals surface area contributed by atoms with Crippen molar-refractivity contribution in [1.29, 1.82) is 0 Å². The first kappa shape index (κ1) is 20.4. The van der Waals surface area contributed by atoms with Gasteiger partial charge >= 0.3 is 0 Å². The van der Waals surface area contributed by atoms with Crippen LogP contribution >= 0.6 is 0 Å². The van der Waals surface area contributed by atoms with Crippen LogP contribution in [-0.4, -0.2) is 42.3 Å². The summed E-state index contributed by atoms with van der Waals surface area (Å²) in [5.74, 6) is 0.960. The second kappa shape index (κ2) is 8.07. The number of fused-ring (bicyclic) bond motifs is 3. The predicted octanol–water partition coefficient (Wildman–Crippen LogP) is 5.53. The van der Waals surface area contributed by atoms with Gasteiger partial charge in [-0.2, -0.15) is 0 Å². The predicted molar refractivity (Wildman–Crippen MR) is 125 cm³/mol. The third-order valence-corrected chi connectivity index (χ3v) is 5.94. The summed E-state index contributed by atoms with van der Waals surface area (Å²) in [7, 11) is 5.79. The molecule has 0 radical (unpaired) electrons. The molecule has 0 N–H and O–H groups in total. The molecule has 0 aliphatic carbocycles. The van der Waals surface area contributed by atoms with Crippen LogP contribution in [0.25, 0.3) is 32.9 Å². The molecule has 1 unspecified atom stereocenters. The Morgan fingerprint density at radius 3 is 2.57 bits per heavy atom. The molecule has 1 aromatic carbocycles. The van der Waals surface area contributed by atoms with Gasteiger partial charge in [0.1, 0.15) is 5.82 Å². The quantitative estimate of drug-likeness (QED) is 0.425. The lowest BCUT2D eigenvalue weighted by Gasteiger charge is -2.19. The number of hydrogen-bond acceptors (Lipinski definition) is 4. The standard InChI is InChI=1S/C25H30N4O/c1-7-18(15-30-6)29-12-11-19-17(3)27-24-20(9-8-10-21(24)25(19)29)22-14-26-23(28(4)5)13-16(22)2/h8-14,18H,7,15H2,1-6H3. The van der Waals surface area contributed by atoms with Gasteiger partial charge in [0.05, 0.1) is 23.7 Å². The number of nitrogens with zero attached hydrogens (tertiary/aromatic N) is 4. The number of benzene rings is 1. The highest BCUT2D eigenvalue weighted by Gasteiger charge is 2.18. The Kier molecular flexibility index (Phi) is 5.48. The zero-order valence-corrected chi connectivity index (χ0v) is 18.7. The Bertz CT molecular complexity index is 1210. The van der Waals surface area contributed by atoms with Crippen LogP contribution in [0.2, 0.25) is 0 Å². The maximum Gasteiger partial charge on any atom is 0.128 e. The number of methoxy groups -OCH3 is 1. The summed E-state index contributed by atoms with van der Waals surface area (Å²) in [5.41, 5.74) is 6.75. The van der Waals surface area contributed by atoms with Gasteiger partial charge < -0.3 is 14.2 Å². The van der Waals surface area contributed by atoms with Crippen molar-refractivity contribution in [1.82, 2.24) is 14.5 Å². The molecule has 0 aliphatic heterocycles. The average Bonchev–Trinajstić information content (AvgIpc) is 3.18. The van der Waals surface area contributed by atoms with Crippen LogP contribution < -0.4 is 4.90 Å². The highest BCUT2D eigenvalue weighted by molar-refractivity contribution is 6.09. The first-order valence-electron chi connectivity index (χ1n) is 10.5. The van der Waals surface area contributed by atoms with Crippen molar-refractivity contribution in [3.63, 3.8) is 0 Å². The van der Waals surface area contributed by atoms with Gasteiger partial charge in [-0.05, 0) is 38.0 Å². The molecule has 5 nitrogen and oxygen atoms in total. The number of ether oxygens (including phenoxy) is 1. The van der Waals surface area contributed by atoms with Gasteiger partial charge in [-0.25, -0.2) is 4.98 Å².